The molecule has 1 aromatic heterocycles. The SMILES string of the molecule is O=C(CN1Cc2ccc(-c3nc(CC4CCOCC4)ncc3Cl)cc2C1=O)N[C@H](CO)c1ccc(C2CC2)cc1. The number of ether oxygens (including phenoxy) is 1. The molecule has 0 bridgehead atoms. The molecule has 40 heavy (non-hydrogen) atoms. The number of hydrogen-bond acceptors (Lipinski definition) is 6. The van der Waals surface area contributed by atoms with Crippen molar-refractivity contribution in [3.05, 3.63) is 81.8 Å². The number of aliphatic hydroxyl groups excluding tert-OH is 1. The third-order valence-electron chi connectivity index (χ3n) is 8.11. The summed E-state index contributed by atoms with van der Waals surface area (Å²) >= 11 is 6.48. The predicted molar refractivity (Wildman–Crippen MR) is 151 cm³/mol. The molecule has 6 rings (SSSR count). The van der Waals surface area contributed by atoms with E-state index in [1.165, 1.54) is 23.3 Å². The molecule has 3 aromatic rings. The number of fused-ring (bicyclic) bond motifs is 1. The number of carbonyl (C=O) groups is 2. The van der Waals surface area contributed by atoms with Gasteiger partial charge in [-0.15, -0.1) is 0 Å². The molecule has 0 radical (unpaired) electrons. The Kier molecular flexibility index (Phi) is 7.82. The lowest BCUT2D eigenvalue weighted by Gasteiger charge is -2.21. The van der Waals surface area contributed by atoms with Crippen LogP contribution in [0.2, 0.25) is 5.02 Å². The molecule has 3 heterocycles. The van der Waals surface area contributed by atoms with Gasteiger partial charge in [0.25, 0.3) is 5.91 Å². The molecule has 1 atom stereocenters. The Balaban J connectivity index is 1.11. The third kappa shape index (κ3) is 5.89. The minimum absolute atomic E-state index is 0.0942. The van der Waals surface area contributed by atoms with Gasteiger partial charge in [-0.05, 0) is 60.3 Å². The quantitative estimate of drug-likeness (QED) is 0.401. The summed E-state index contributed by atoms with van der Waals surface area (Å²) in [6, 6.07) is 13.1. The van der Waals surface area contributed by atoms with E-state index in [-0.39, 0.29) is 25.0 Å². The topological polar surface area (TPSA) is 105 Å². The maximum atomic E-state index is 13.3. The van der Waals surface area contributed by atoms with Gasteiger partial charge in [0, 0.05) is 43.5 Å². The van der Waals surface area contributed by atoms with Crippen LogP contribution in [0.25, 0.3) is 11.3 Å². The summed E-state index contributed by atoms with van der Waals surface area (Å²) in [6.07, 6.45) is 6.81. The number of nitrogens with zero attached hydrogens (tertiary/aromatic N) is 3. The Morgan fingerprint density at radius 1 is 1.12 bits per heavy atom. The molecule has 1 saturated carbocycles. The van der Waals surface area contributed by atoms with Crippen LogP contribution in [0, 0.1) is 5.92 Å². The molecule has 8 nitrogen and oxygen atoms in total. The number of rotatable bonds is 9. The number of halogens is 1. The van der Waals surface area contributed by atoms with Crippen LogP contribution < -0.4 is 5.32 Å². The summed E-state index contributed by atoms with van der Waals surface area (Å²) in [5.41, 5.74) is 4.88. The molecule has 2 aliphatic heterocycles. The summed E-state index contributed by atoms with van der Waals surface area (Å²) in [5.74, 6) is 1.33. The van der Waals surface area contributed by atoms with Crippen molar-refractivity contribution < 1.29 is 19.4 Å². The third-order valence-corrected chi connectivity index (χ3v) is 8.38. The van der Waals surface area contributed by atoms with Gasteiger partial charge in [0.15, 0.2) is 0 Å². The fourth-order valence-electron chi connectivity index (χ4n) is 5.61. The zero-order valence-electron chi connectivity index (χ0n) is 22.3. The van der Waals surface area contributed by atoms with E-state index < -0.39 is 6.04 Å². The van der Waals surface area contributed by atoms with Crippen molar-refractivity contribution in [1.29, 1.82) is 0 Å². The minimum Gasteiger partial charge on any atom is -0.394 e. The van der Waals surface area contributed by atoms with Gasteiger partial charge in [-0.2, -0.15) is 0 Å². The second-order valence-corrected chi connectivity index (χ2v) is 11.4. The lowest BCUT2D eigenvalue weighted by Crippen LogP contribution is -2.40. The van der Waals surface area contributed by atoms with Crippen LogP contribution in [0.4, 0.5) is 0 Å². The number of amides is 2. The summed E-state index contributed by atoms with van der Waals surface area (Å²) in [7, 11) is 0. The molecular weight excluding hydrogens is 528 g/mol. The van der Waals surface area contributed by atoms with Gasteiger partial charge in [0.1, 0.15) is 12.4 Å². The molecule has 1 aliphatic carbocycles. The maximum Gasteiger partial charge on any atom is 0.254 e. The standard InChI is InChI=1S/C31H33ClN4O4/c32-26-15-33-28(13-19-9-11-40-12-10-19)35-30(26)23-7-8-24-16-36(31(39)25(24)14-23)17-29(38)34-27(18-37)22-5-3-21(4-6-22)20-1-2-20/h3-8,14-15,19-20,27,37H,1-2,9-13,16-18H2,(H,34,38)/t27-/m1/s1. The highest BCUT2D eigenvalue weighted by molar-refractivity contribution is 6.32. The molecule has 9 heteroatoms. The molecule has 3 aliphatic rings. The first kappa shape index (κ1) is 26.9. The highest BCUT2D eigenvalue weighted by Crippen LogP contribution is 2.40. The summed E-state index contributed by atoms with van der Waals surface area (Å²) in [4.78, 5) is 36.9. The molecule has 208 valence electrons. The van der Waals surface area contributed by atoms with Crippen molar-refractivity contribution in [2.24, 2.45) is 5.92 Å². The Morgan fingerprint density at radius 3 is 2.62 bits per heavy atom. The minimum atomic E-state index is -0.525. The second-order valence-electron chi connectivity index (χ2n) is 11.0. The molecular formula is C31H33ClN4O4. The number of aromatic nitrogens is 2. The van der Waals surface area contributed by atoms with Crippen molar-refractivity contribution in [2.45, 2.75) is 50.6 Å². The lowest BCUT2D eigenvalue weighted by atomic mass is 9.96. The largest absolute Gasteiger partial charge is 0.394 e. The monoisotopic (exact) mass is 560 g/mol. The van der Waals surface area contributed by atoms with E-state index >= 15 is 0 Å². The van der Waals surface area contributed by atoms with Crippen LogP contribution in [0.15, 0.2) is 48.7 Å². The zero-order chi connectivity index (χ0) is 27.6. The van der Waals surface area contributed by atoms with Crippen LogP contribution in [-0.2, 0) is 22.5 Å². The normalized spacial score (nSPS) is 18.1. The second kappa shape index (κ2) is 11.6. The Labute approximate surface area is 238 Å². The predicted octanol–water partition coefficient (Wildman–Crippen LogP) is 4.45. The lowest BCUT2D eigenvalue weighted by molar-refractivity contribution is -0.122. The summed E-state index contributed by atoms with van der Waals surface area (Å²) < 4.78 is 5.46. The molecule has 2 N–H and O–H groups in total. The molecule has 0 unspecified atom stereocenters. The van der Waals surface area contributed by atoms with E-state index in [9.17, 15) is 14.7 Å². The average molecular weight is 561 g/mol. The van der Waals surface area contributed by atoms with Crippen LogP contribution in [0.3, 0.4) is 0 Å². The van der Waals surface area contributed by atoms with Crippen molar-refractivity contribution in [1.82, 2.24) is 20.2 Å². The van der Waals surface area contributed by atoms with Gasteiger partial charge in [-0.3, -0.25) is 9.59 Å². The van der Waals surface area contributed by atoms with Crippen molar-refractivity contribution in [3.63, 3.8) is 0 Å². The smallest absolute Gasteiger partial charge is 0.254 e. The van der Waals surface area contributed by atoms with Crippen LogP contribution in [0.5, 0.6) is 0 Å². The Morgan fingerprint density at radius 2 is 1.90 bits per heavy atom. The average Bonchev–Trinajstić information content (AvgIpc) is 3.78. The highest BCUT2D eigenvalue weighted by Gasteiger charge is 2.30. The van der Waals surface area contributed by atoms with Crippen molar-refractivity contribution in [2.75, 3.05) is 26.4 Å². The number of aliphatic hydroxyl groups is 1. The summed E-state index contributed by atoms with van der Waals surface area (Å²) in [5, 5.41) is 13.2. The molecule has 1 saturated heterocycles. The molecule has 2 amide bonds. The number of carbonyl (C=O) groups excluding carboxylic acids is 2. The van der Waals surface area contributed by atoms with Gasteiger partial charge in [0.05, 0.1) is 23.4 Å². The number of nitrogens with one attached hydrogen (secondary N) is 1. The van der Waals surface area contributed by atoms with Crippen LogP contribution in [-0.4, -0.2) is 58.2 Å². The van der Waals surface area contributed by atoms with E-state index in [4.69, 9.17) is 21.3 Å². The van der Waals surface area contributed by atoms with E-state index in [2.05, 4.69) is 22.4 Å². The van der Waals surface area contributed by atoms with Crippen molar-refractivity contribution >= 4 is 23.4 Å². The molecule has 2 fully saturated rings. The fourth-order valence-corrected chi connectivity index (χ4v) is 5.81. The van der Waals surface area contributed by atoms with E-state index in [1.807, 2.05) is 24.3 Å². The Bertz CT molecular complexity index is 1400. The van der Waals surface area contributed by atoms with Crippen LogP contribution >= 0.6 is 11.6 Å². The maximum absolute atomic E-state index is 13.3. The van der Waals surface area contributed by atoms with E-state index in [1.54, 1.807) is 12.3 Å². The first-order chi connectivity index (χ1) is 19.5. The molecule has 0 spiro atoms. The van der Waals surface area contributed by atoms with Gasteiger partial charge < -0.3 is 20.1 Å². The van der Waals surface area contributed by atoms with Crippen LogP contribution in [0.1, 0.15) is 70.5 Å². The van der Waals surface area contributed by atoms with E-state index in [0.717, 1.165) is 55.0 Å². The summed E-state index contributed by atoms with van der Waals surface area (Å²) in [6.45, 7) is 1.56. The highest BCUT2D eigenvalue weighted by atomic mass is 35.5. The van der Waals surface area contributed by atoms with Gasteiger partial charge in [-0.25, -0.2) is 9.97 Å². The zero-order valence-corrected chi connectivity index (χ0v) is 23.1. The first-order valence-electron chi connectivity index (χ1n) is 14.0. The van der Waals surface area contributed by atoms with Crippen molar-refractivity contribution in [3.8, 4) is 11.3 Å². The first-order valence-corrected chi connectivity index (χ1v) is 14.4. The van der Waals surface area contributed by atoms with Gasteiger partial charge in [-0.1, -0.05) is 48.0 Å². The number of benzene rings is 2. The van der Waals surface area contributed by atoms with Gasteiger partial charge >= 0.3 is 0 Å². The Hall–Kier alpha value is -3.33. The number of hydrogen-bond donors (Lipinski definition) is 2. The fraction of sp³-hybridized carbons (Fsp3) is 0.419. The van der Waals surface area contributed by atoms with E-state index in [0.29, 0.717) is 34.7 Å². The molecule has 2 aromatic carbocycles. The van der Waals surface area contributed by atoms with Gasteiger partial charge in [0.2, 0.25) is 5.91 Å².